The first-order chi connectivity index (χ1) is 6.79. The minimum atomic E-state index is 0.336. The first kappa shape index (κ1) is 9.72. The van der Waals surface area contributed by atoms with E-state index in [9.17, 15) is 0 Å². The van der Waals surface area contributed by atoms with Crippen molar-refractivity contribution >= 4 is 0 Å². The Labute approximate surface area is 86.3 Å². The third-order valence-electron chi connectivity index (χ3n) is 3.47. The van der Waals surface area contributed by atoms with E-state index in [1.807, 2.05) is 0 Å². The van der Waals surface area contributed by atoms with E-state index in [0.717, 1.165) is 0 Å². The highest BCUT2D eigenvalue weighted by Crippen LogP contribution is 2.40. The maximum atomic E-state index is 6.03. The van der Waals surface area contributed by atoms with Crippen LogP contribution in [0.4, 0.5) is 0 Å². The zero-order valence-electron chi connectivity index (χ0n) is 8.82. The summed E-state index contributed by atoms with van der Waals surface area (Å²) >= 11 is 0. The lowest BCUT2D eigenvalue weighted by Gasteiger charge is -2.23. The molecule has 0 saturated heterocycles. The van der Waals surface area contributed by atoms with Crippen LogP contribution in [0.2, 0.25) is 0 Å². The number of hydrogen-bond donors (Lipinski definition) is 1. The smallest absolute Gasteiger partial charge is 0.00446 e. The lowest BCUT2D eigenvalue weighted by atomic mass is 9.85. The quantitative estimate of drug-likeness (QED) is 0.760. The van der Waals surface area contributed by atoms with Gasteiger partial charge in [-0.3, -0.25) is 0 Å². The van der Waals surface area contributed by atoms with Gasteiger partial charge in [0.25, 0.3) is 0 Å². The van der Waals surface area contributed by atoms with Gasteiger partial charge in [0.05, 0.1) is 0 Å². The molecule has 1 heteroatoms. The average molecular weight is 189 g/mol. The summed E-state index contributed by atoms with van der Waals surface area (Å²) in [6, 6.07) is 11.2. The van der Waals surface area contributed by atoms with Crippen molar-refractivity contribution in [2.75, 3.05) is 0 Å². The fourth-order valence-electron chi connectivity index (χ4n) is 2.73. The van der Waals surface area contributed by atoms with E-state index in [1.54, 1.807) is 0 Å². The molecule has 1 aromatic rings. The van der Waals surface area contributed by atoms with Crippen molar-refractivity contribution in [2.24, 2.45) is 11.7 Å². The second-order valence-electron chi connectivity index (χ2n) is 4.47. The molecule has 3 atom stereocenters. The van der Waals surface area contributed by atoms with Gasteiger partial charge in [-0.15, -0.1) is 0 Å². The Hall–Kier alpha value is -0.820. The highest BCUT2D eigenvalue weighted by molar-refractivity contribution is 5.21. The van der Waals surface area contributed by atoms with Gasteiger partial charge in [-0.05, 0) is 37.2 Å². The third-order valence-corrected chi connectivity index (χ3v) is 3.47. The molecule has 0 aliphatic heterocycles. The predicted octanol–water partition coefficient (Wildman–Crippen LogP) is 2.92. The molecule has 0 heterocycles. The summed E-state index contributed by atoms with van der Waals surface area (Å²) in [4.78, 5) is 0. The minimum Gasteiger partial charge on any atom is -0.328 e. The molecule has 3 unspecified atom stereocenters. The van der Waals surface area contributed by atoms with E-state index in [4.69, 9.17) is 5.73 Å². The van der Waals surface area contributed by atoms with Crippen LogP contribution in [0, 0.1) is 5.92 Å². The van der Waals surface area contributed by atoms with Crippen LogP contribution in [0.25, 0.3) is 0 Å². The van der Waals surface area contributed by atoms with Crippen LogP contribution in [0.5, 0.6) is 0 Å². The zero-order chi connectivity index (χ0) is 9.97. The number of benzene rings is 1. The molecular weight excluding hydrogens is 170 g/mol. The summed E-state index contributed by atoms with van der Waals surface area (Å²) in [5, 5.41) is 0. The first-order valence-corrected chi connectivity index (χ1v) is 5.59. The second kappa shape index (κ2) is 4.14. The molecule has 1 aliphatic carbocycles. The Bertz CT molecular complexity index is 279. The molecule has 2 rings (SSSR count). The summed E-state index contributed by atoms with van der Waals surface area (Å²) < 4.78 is 0. The summed E-state index contributed by atoms with van der Waals surface area (Å²) in [5.74, 6) is 1.40. The van der Waals surface area contributed by atoms with E-state index >= 15 is 0 Å². The van der Waals surface area contributed by atoms with E-state index in [0.29, 0.717) is 17.9 Å². The molecule has 1 saturated carbocycles. The van der Waals surface area contributed by atoms with E-state index < -0.39 is 0 Å². The third kappa shape index (κ3) is 1.83. The van der Waals surface area contributed by atoms with Crippen LogP contribution in [-0.4, -0.2) is 6.04 Å². The molecule has 0 amide bonds. The normalized spacial score (nSPS) is 29.0. The molecule has 0 aromatic heterocycles. The molecular formula is C13H19N. The molecule has 2 N–H and O–H groups in total. The average Bonchev–Trinajstić information content (AvgIpc) is 2.67. The highest BCUT2D eigenvalue weighted by atomic mass is 14.6. The Balaban J connectivity index is 2.18. The van der Waals surface area contributed by atoms with Crippen LogP contribution >= 0.6 is 0 Å². The van der Waals surface area contributed by atoms with Crippen LogP contribution < -0.4 is 5.73 Å². The van der Waals surface area contributed by atoms with Gasteiger partial charge in [-0.25, -0.2) is 0 Å². The second-order valence-corrected chi connectivity index (χ2v) is 4.47. The van der Waals surface area contributed by atoms with Crippen molar-refractivity contribution in [2.45, 2.75) is 38.1 Å². The van der Waals surface area contributed by atoms with Crippen molar-refractivity contribution in [3.8, 4) is 0 Å². The number of rotatable bonds is 2. The Morgan fingerprint density at radius 2 is 1.93 bits per heavy atom. The van der Waals surface area contributed by atoms with Crippen molar-refractivity contribution in [3.63, 3.8) is 0 Å². The van der Waals surface area contributed by atoms with Gasteiger partial charge in [0.2, 0.25) is 0 Å². The molecule has 76 valence electrons. The standard InChI is InChI=1S/C13H19N/c1-10(14)12-8-5-9-13(12)11-6-3-2-4-7-11/h2-4,6-7,10,12-13H,5,8-9,14H2,1H3. The van der Waals surface area contributed by atoms with Crippen LogP contribution in [0.15, 0.2) is 30.3 Å². The van der Waals surface area contributed by atoms with Crippen molar-refractivity contribution in [1.82, 2.24) is 0 Å². The summed E-state index contributed by atoms with van der Waals surface area (Å²) in [6.45, 7) is 2.14. The van der Waals surface area contributed by atoms with E-state index in [1.165, 1.54) is 24.8 Å². The van der Waals surface area contributed by atoms with Gasteiger partial charge in [0, 0.05) is 6.04 Å². The molecule has 14 heavy (non-hydrogen) atoms. The van der Waals surface area contributed by atoms with Crippen LogP contribution in [0.1, 0.15) is 37.7 Å². The fraction of sp³-hybridized carbons (Fsp3) is 0.538. The molecule has 1 aliphatic rings. The molecule has 0 bridgehead atoms. The van der Waals surface area contributed by atoms with Gasteiger partial charge >= 0.3 is 0 Å². The Morgan fingerprint density at radius 3 is 2.57 bits per heavy atom. The highest BCUT2D eigenvalue weighted by Gasteiger charge is 2.30. The van der Waals surface area contributed by atoms with Crippen molar-refractivity contribution in [3.05, 3.63) is 35.9 Å². The molecule has 0 radical (unpaired) electrons. The number of nitrogens with two attached hydrogens (primary N) is 1. The van der Waals surface area contributed by atoms with Crippen LogP contribution in [-0.2, 0) is 0 Å². The van der Waals surface area contributed by atoms with Crippen molar-refractivity contribution in [1.29, 1.82) is 0 Å². The minimum absolute atomic E-state index is 0.336. The monoisotopic (exact) mass is 189 g/mol. The summed E-state index contributed by atoms with van der Waals surface area (Å²) in [7, 11) is 0. The zero-order valence-corrected chi connectivity index (χ0v) is 8.82. The lowest BCUT2D eigenvalue weighted by molar-refractivity contribution is 0.412. The Morgan fingerprint density at radius 1 is 1.21 bits per heavy atom. The molecule has 1 fully saturated rings. The van der Waals surface area contributed by atoms with Gasteiger partial charge < -0.3 is 5.73 Å². The lowest BCUT2D eigenvalue weighted by Crippen LogP contribution is -2.28. The molecule has 0 spiro atoms. The topological polar surface area (TPSA) is 26.0 Å². The van der Waals surface area contributed by atoms with Gasteiger partial charge in [-0.2, -0.15) is 0 Å². The van der Waals surface area contributed by atoms with Crippen molar-refractivity contribution < 1.29 is 0 Å². The van der Waals surface area contributed by atoms with Gasteiger partial charge in [0.15, 0.2) is 0 Å². The maximum absolute atomic E-state index is 6.03. The maximum Gasteiger partial charge on any atom is 0.00446 e. The largest absolute Gasteiger partial charge is 0.328 e. The SMILES string of the molecule is CC(N)C1CCCC1c1ccccc1. The molecule has 1 nitrogen and oxygen atoms in total. The van der Waals surface area contributed by atoms with E-state index in [-0.39, 0.29) is 0 Å². The first-order valence-electron chi connectivity index (χ1n) is 5.59. The van der Waals surface area contributed by atoms with E-state index in [2.05, 4.69) is 37.3 Å². The number of hydrogen-bond acceptors (Lipinski definition) is 1. The van der Waals surface area contributed by atoms with Crippen LogP contribution in [0.3, 0.4) is 0 Å². The van der Waals surface area contributed by atoms with Gasteiger partial charge in [0.1, 0.15) is 0 Å². The fourth-order valence-corrected chi connectivity index (χ4v) is 2.73. The summed E-state index contributed by atoms with van der Waals surface area (Å²) in [6.07, 6.45) is 3.96. The summed E-state index contributed by atoms with van der Waals surface area (Å²) in [5.41, 5.74) is 7.50. The molecule has 1 aromatic carbocycles. The van der Waals surface area contributed by atoms with Gasteiger partial charge in [-0.1, -0.05) is 36.8 Å². The Kier molecular flexibility index (Phi) is 2.87. The predicted molar refractivity (Wildman–Crippen MR) is 60.2 cm³/mol.